The topological polar surface area (TPSA) is 25.2 Å². The van der Waals surface area contributed by atoms with Gasteiger partial charge < -0.3 is 9.73 Å². The van der Waals surface area contributed by atoms with Crippen molar-refractivity contribution in [3.8, 4) is 0 Å². The molecule has 15 heavy (non-hydrogen) atoms. The van der Waals surface area contributed by atoms with Crippen molar-refractivity contribution < 1.29 is 8.81 Å². The van der Waals surface area contributed by atoms with Crippen LogP contribution in [0.5, 0.6) is 0 Å². The van der Waals surface area contributed by atoms with E-state index >= 15 is 0 Å². The largest absolute Gasteiger partial charge is 0.467 e. The van der Waals surface area contributed by atoms with E-state index in [2.05, 4.69) is 5.32 Å². The summed E-state index contributed by atoms with van der Waals surface area (Å²) in [5.41, 5.74) is 1.14. The van der Waals surface area contributed by atoms with Gasteiger partial charge in [-0.3, -0.25) is 0 Å². The third-order valence-electron chi connectivity index (χ3n) is 2.22. The summed E-state index contributed by atoms with van der Waals surface area (Å²) in [6.07, 6.45) is 1.60. The number of aryl methyl sites for hydroxylation is 1. The Morgan fingerprint density at radius 1 is 1.27 bits per heavy atom. The molecule has 3 heteroatoms. The van der Waals surface area contributed by atoms with Gasteiger partial charge in [0, 0.05) is 0 Å². The molecule has 2 aromatic rings. The molecule has 0 saturated carbocycles. The number of hydrogen-bond acceptors (Lipinski definition) is 2. The smallest absolute Gasteiger partial charge is 0.149 e. The molecule has 1 heterocycles. The number of nitrogens with one attached hydrogen (secondary N) is 1. The Morgan fingerprint density at radius 2 is 2.13 bits per heavy atom. The second-order valence-electron chi connectivity index (χ2n) is 3.37. The lowest BCUT2D eigenvalue weighted by atomic mass is 10.2. The van der Waals surface area contributed by atoms with Gasteiger partial charge >= 0.3 is 0 Å². The number of halogens is 1. The third kappa shape index (κ3) is 2.18. The zero-order valence-corrected chi connectivity index (χ0v) is 8.46. The summed E-state index contributed by atoms with van der Waals surface area (Å²) in [5, 5.41) is 2.99. The Bertz CT molecular complexity index is 437. The number of anilines is 1. The predicted molar refractivity (Wildman–Crippen MR) is 57.2 cm³/mol. The first kappa shape index (κ1) is 9.77. The van der Waals surface area contributed by atoms with E-state index in [1.807, 2.05) is 18.2 Å². The molecule has 1 aromatic heterocycles. The van der Waals surface area contributed by atoms with Gasteiger partial charge in [0.25, 0.3) is 0 Å². The van der Waals surface area contributed by atoms with Gasteiger partial charge in [-0.05, 0) is 30.7 Å². The third-order valence-corrected chi connectivity index (χ3v) is 2.22. The van der Waals surface area contributed by atoms with Crippen molar-refractivity contribution >= 4 is 5.69 Å². The van der Waals surface area contributed by atoms with E-state index in [1.165, 1.54) is 0 Å². The van der Waals surface area contributed by atoms with Gasteiger partial charge in [-0.25, -0.2) is 4.39 Å². The SMILES string of the molecule is Cc1cccc(NCc2ccco2)c1F. The summed E-state index contributed by atoms with van der Waals surface area (Å²) in [5.74, 6) is 0.583. The summed E-state index contributed by atoms with van der Waals surface area (Å²) in [7, 11) is 0. The maximum atomic E-state index is 13.5. The lowest BCUT2D eigenvalue weighted by molar-refractivity contribution is 0.517. The van der Waals surface area contributed by atoms with Crippen LogP contribution in [-0.2, 0) is 6.54 Å². The van der Waals surface area contributed by atoms with Crippen molar-refractivity contribution in [3.63, 3.8) is 0 Å². The fourth-order valence-corrected chi connectivity index (χ4v) is 1.38. The molecule has 78 valence electrons. The Kier molecular flexibility index (Phi) is 2.72. The van der Waals surface area contributed by atoms with Gasteiger partial charge in [0.2, 0.25) is 0 Å². The summed E-state index contributed by atoms with van der Waals surface area (Å²) in [6.45, 7) is 2.24. The van der Waals surface area contributed by atoms with Crippen molar-refractivity contribution in [3.05, 3.63) is 53.7 Å². The van der Waals surface area contributed by atoms with Crippen LogP contribution in [0.4, 0.5) is 10.1 Å². The molecule has 0 aliphatic heterocycles. The first-order chi connectivity index (χ1) is 7.27. The molecule has 0 aliphatic rings. The molecule has 0 radical (unpaired) electrons. The molecule has 0 spiro atoms. The highest BCUT2D eigenvalue weighted by Gasteiger charge is 2.04. The lowest BCUT2D eigenvalue weighted by Crippen LogP contribution is -2.01. The van der Waals surface area contributed by atoms with Gasteiger partial charge in [-0.2, -0.15) is 0 Å². The van der Waals surface area contributed by atoms with Crippen LogP contribution in [0.1, 0.15) is 11.3 Å². The maximum Gasteiger partial charge on any atom is 0.149 e. The maximum absolute atomic E-state index is 13.5. The highest BCUT2D eigenvalue weighted by atomic mass is 19.1. The quantitative estimate of drug-likeness (QED) is 0.831. The molecular formula is C12H12FNO. The highest BCUT2D eigenvalue weighted by molar-refractivity contribution is 5.47. The van der Waals surface area contributed by atoms with E-state index < -0.39 is 0 Å². The average Bonchev–Trinajstić information content (AvgIpc) is 2.73. The van der Waals surface area contributed by atoms with Crippen LogP contribution >= 0.6 is 0 Å². The molecule has 1 N–H and O–H groups in total. The van der Waals surface area contributed by atoms with Crippen LogP contribution in [0.25, 0.3) is 0 Å². The minimum absolute atomic E-state index is 0.205. The zero-order valence-electron chi connectivity index (χ0n) is 8.46. The Morgan fingerprint density at radius 3 is 2.87 bits per heavy atom. The number of benzene rings is 1. The minimum atomic E-state index is -0.205. The highest BCUT2D eigenvalue weighted by Crippen LogP contribution is 2.17. The molecule has 0 unspecified atom stereocenters. The van der Waals surface area contributed by atoms with E-state index in [9.17, 15) is 4.39 Å². The van der Waals surface area contributed by atoms with Crippen LogP contribution in [0, 0.1) is 12.7 Å². The van der Waals surface area contributed by atoms with Gasteiger partial charge in [0.15, 0.2) is 0 Å². The molecule has 0 bridgehead atoms. The van der Waals surface area contributed by atoms with Crippen molar-refractivity contribution in [2.75, 3.05) is 5.32 Å². The van der Waals surface area contributed by atoms with Gasteiger partial charge in [-0.15, -0.1) is 0 Å². The predicted octanol–water partition coefficient (Wildman–Crippen LogP) is 3.34. The molecule has 0 atom stereocenters. The Hall–Kier alpha value is -1.77. The van der Waals surface area contributed by atoms with Crippen LogP contribution < -0.4 is 5.32 Å². The van der Waals surface area contributed by atoms with Gasteiger partial charge in [0.05, 0.1) is 18.5 Å². The lowest BCUT2D eigenvalue weighted by Gasteiger charge is -2.07. The summed E-state index contributed by atoms with van der Waals surface area (Å²) in [4.78, 5) is 0. The summed E-state index contributed by atoms with van der Waals surface area (Å²) >= 11 is 0. The molecule has 0 amide bonds. The van der Waals surface area contributed by atoms with Crippen LogP contribution in [0.3, 0.4) is 0 Å². The number of furan rings is 1. The van der Waals surface area contributed by atoms with Gasteiger partial charge in [-0.1, -0.05) is 12.1 Å². The summed E-state index contributed by atoms with van der Waals surface area (Å²) < 4.78 is 18.7. The molecule has 2 rings (SSSR count). The van der Waals surface area contributed by atoms with E-state index in [4.69, 9.17) is 4.42 Å². The fourth-order valence-electron chi connectivity index (χ4n) is 1.38. The zero-order chi connectivity index (χ0) is 10.7. The van der Waals surface area contributed by atoms with Crippen LogP contribution in [-0.4, -0.2) is 0 Å². The van der Waals surface area contributed by atoms with E-state index in [-0.39, 0.29) is 5.82 Å². The van der Waals surface area contributed by atoms with Crippen molar-refractivity contribution in [1.82, 2.24) is 0 Å². The van der Waals surface area contributed by atoms with E-state index in [0.717, 1.165) is 5.76 Å². The fraction of sp³-hybridized carbons (Fsp3) is 0.167. The van der Waals surface area contributed by atoms with Crippen LogP contribution in [0.2, 0.25) is 0 Å². The first-order valence-electron chi connectivity index (χ1n) is 4.79. The Balaban J connectivity index is 2.08. The first-order valence-corrected chi connectivity index (χ1v) is 4.79. The summed E-state index contributed by atoms with van der Waals surface area (Å²) in [6, 6.07) is 8.94. The molecule has 0 saturated heterocycles. The van der Waals surface area contributed by atoms with Gasteiger partial charge in [0.1, 0.15) is 11.6 Å². The number of hydrogen-bond donors (Lipinski definition) is 1. The minimum Gasteiger partial charge on any atom is -0.467 e. The second-order valence-corrected chi connectivity index (χ2v) is 3.37. The standard InChI is InChI=1S/C12H12FNO/c1-9-4-2-6-11(12(9)13)14-8-10-5-3-7-15-10/h2-7,14H,8H2,1H3. The van der Waals surface area contributed by atoms with Crippen molar-refractivity contribution in [1.29, 1.82) is 0 Å². The van der Waals surface area contributed by atoms with E-state index in [1.54, 1.807) is 25.3 Å². The molecule has 0 fully saturated rings. The molecule has 0 aliphatic carbocycles. The molecule has 1 aromatic carbocycles. The van der Waals surface area contributed by atoms with Crippen LogP contribution in [0.15, 0.2) is 41.0 Å². The monoisotopic (exact) mass is 205 g/mol. The van der Waals surface area contributed by atoms with Crippen molar-refractivity contribution in [2.45, 2.75) is 13.5 Å². The molecule has 2 nitrogen and oxygen atoms in total. The molecular weight excluding hydrogens is 193 g/mol. The second kappa shape index (κ2) is 4.17. The average molecular weight is 205 g/mol. The Labute approximate surface area is 87.7 Å². The number of rotatable bonds is 3. The van der Waals surface area contributed by atoms with E-state index in [0.29, 0.717) is 17.8 Å². The van der Waals surface area contributed by atoms with Crippen molar-refractivity contribution in [2.24, 2.45) is 0 Å². The normalized spacial score (nSPS) is 10.3.